The molecule has 0 saturated heterocycles. The van der Waals surface area contributed by atoms with Crippen LogP contribution in [0.3, 0.4) is 0 Å². The van der Waals surface area contributed by atoms with E-state index in [0.29, 0.717) is 10.8 Å². The van der Waals surface area contributed by atoms with E-state index in [4.69, 9.17) is 32.7 Å². The maximum Gasteiger partial charge on any atom is 0.141 e. The molecule has 6 heteroatoms. The number of fused-ring (bicyclic) bond motifs is 3. The number of H-pyrrole nitrogens is 1. The summed E-state index contributed by atoms with van der Waals surface area (Å²) in [4.78, 5) is 3.54. The van der Waals surface area contributed by atoms with Gasteiger partial charge in [-0.15, -0.1) is 0 Å². The van der Waals surface area contributed by atoms with Gasteiger partial charge in [-0.05, 0) is 36.2 Å². The van der Waals surface area contributed by atoms with Gasteiger partial charge in [0.15, 0.2) is 0 Å². The monoisotopic (exact) mass is 376 g/mol. The Morgan fingerprint density at radius 2 is 1.84 bits per heavy atom. The van der Waals surface area contributed by atoms with Crippen LogP contribution in [0, 0.1) is 0 Å². The molecule has 1 atom stereocenters. The van der Waals surface area contributed by atoms with E-state index < -0.39 is 0 Å². The van der Waals surface area contributed by atoms with Crippen LogP contribution in [0.5, 0.6) is 11.5 Å². The Morgan fingerprint density at radius 3 is 2.60 bits per heavy atom. The molecule has 1 unspecified atom stereocenters. The van der Waals surface area contributed by atoms with Gasteiger partial charge in [0.1, 0.15) is 11.5 Å². The fraction of sp³-hybridized carbons (Fsp3) is 0.263. The molecular formula is C19H18Cl2N2O2. The number of ether oxygens (including phenoxy) is 2. The Balaban J connectivity index is 1.89. The molecule has 0 bridgehead atoms. The van der Waals surface area contributed by atoms with E-state index in [0.717, 1.165) is 40.5 Å². The first kappa shape index (κ1) is 16.6. The van der Waals surface area contributed by atoms with Gasteiger partial charge in [0.05, 0.1) is 25.3 Å². The molecule has 1 aliphatic heterocycles. The molecule has 1 aromatic heterocycles. The second kappa shape index (κ2) is 6.45. The minimum absolute atomic E-state index is 0.0340. The molecule has 0 spiro atoms. The van der Waals surface area contributed by atoms with Crippen molar-refractivity contribution in [2.45, 2.75) is 12.5 Å². The van der Waals surface area contributed by atoms with E-state index in [-0.39, 0.29) is 6.04 Å². The number of halogens is 2. The van der Waals surface area contributed by atoms with E-state index in [1.807, 2.05) is 30.3 Å². The van der Waals surface area contributed by atoms with E-state index in [2.05, 4.69) is 10.3 Å². The molecule has 0 aliphatic carbocycles. The largest absolute Gasteiger partial charge is 0.496 e. The van der Waals surface area contributed by atoms with Crippen molar-refractivity contribution in [3.63, 3.8) is 0 Å². The van der Waals surface area contributed by atoms with Gasteiger partial charge in [-0.1, -0.05) is 23.2 Å². The van der Waals surface area contributed by atoms with E-state index in [1.165, 1.54) is 10.9 Å². The third-order valence-electron chi connectivity index (χ3n) is 4.73. The van der Waals surface area contributed by atoms with Gasteiger partial charge in [-0.25, -0.2) is 0 Å². The smallest absolute Gasteiger partial charge is 0.141 e. The summed E-state index contributed by atoms with van der Waals surface area (Å²) in [7, 11) is 3.25. The molecule has 0 saturated carbocycles. The van der Waals surface area contributed by atoms with Crippen molar-refractivity contribution in [2.24, 2.45) is 0 Å². The quantitative estimate of drug-likeness (QED) is 0.694. The summed E-state index contributed by atoms with van der Waals surface area (Å²) in [6, 6.07) is 9.64. The van der Waals surface area contributed by atoms with Gasteiger partial charge in [0, 0.05) is 39.8 Å². The maximum atomic E-state index is 6.37. The zero-order valence-corrected chi connectivity index (χ0v) is 15.5. The summed E-state index contributed by atoms with van der Waals surface area (Å²) in [5, 5.41) is 6.04. The first-order valence-electron chi connectivity index (χ1n) is 8.07. The first-order valence-corrected chi connectivity index (χ1v) is 8.82. The van der Waals surface area contributed by atoms with Gasteiger partial charge < -0.3 is 19.8 Å². The molecule has 2 aromatic carbocycles. The standard InChI is InChI=1S/C19H18Cl2N2O2/c1-24-16-9-17(25-2)14(21)8-13(16)18-19-11(5-6-22-18)12-7-10(20)3-4-15(12)23-19/h3-4,7-9,18,22-23H,5-6H2,1-2H3. The minimum atomic E-state index is -0.0340. The second-order valence-electron chi connectivity index (χ2n) is 6.07. The van der Waals surface area contributed by atoms with E-state index in [1.54, 1.807) is 14.2 Å². The fourth-order valence-electron chi connectivity index (χ4n) is 3.57. The Hall–Kier alpha value is -1.88. The highest BCUT2D eigenvalue weighted by molar-refractivity contribution is 6.32. The molecule has 0 radical (unpaired) electrons. The van der Waals surface area contributed by atoms with Gasteiger partial charge in [-0.2, -0.15) is 0 Å². The number of nitrogens with one attached hydrogen (secondary N) is 2. The molecular weight excluding hydrogens is 359 g/mol. The maximum absolute atomic E-state index is 6.37. The van der Waals surface area contributed by atoms with Crippen molar-refractivity contribution >= 4 is 34.1 Å². The number of methoxy groups -OCH3 is 2. The van der Waals surface area contributed by atoms with Gasteiger partial charge in [0.2, 0.25) is 0 Å². The zero-order valence-electron chi connectivity index (χ0n) is 14.0. The van der Waals surface area contributed by atoms with Crippen LogP contribution in [0.25, 0.3) is 10.9 Å². The van der Waals surface area contributed by atoms with Crippen LogP contribution in [0.1, 0.15) is 22.9 Å². The highest BCUT2D eigenvalue weighted by Crippen LogP contribution is 2.41. The van der Waals surface area contributed by atoms with Gasteiger partial charge in [-0.3, -0.25) is 0 Å². The average Bonchev–Trinajstić information content (AvgIpc) is 2.99. The number of hydrogen-bond acceptors (Lipinski definition) is 3. The molecule has 0 amide bonds. The summed E-state index contributed by atoms with van der Waals surface area (Å²) in [6.07, 6.45) is 0.943. The minimum Gasteiger partial charge on any atom is -0.496 e. The molecule has 25 heavy (non-hydrogen) atoms. The van der Waals surface area contributed by atoms with Crippen LogP contribution in [-0.4, -0.2) is 25.7 Å². The van der Waals surface area contributed by atoms with Crippen LogP contribution in [0.2, 0.25) is 10.0 Å². The predicted molar refractivity (Wildman–Crippen MR) is 101 cm³/mol. The van der Waals surface area contributed by atoms with Crippen molar-refractivity contribution in [1.29, 1.82) is 0 Å². The molecule has 0 fully saturated rings. The lowest BCUT2D eigenvalue weighted by Gasteiger charge is -2.26. The Kier molecular flexibility index (Phi) is 4.28. The van der Waals surface area contributed by atoms with Gasteiger partial charge >= 0.3 is 0 Å². The Morgan fingerprint density at radius 1 is 1.04 bits per heavy atom. The normalized spacial score (nSPS) is 16.7. The van der Waals surface area contributed by atoms with E-state index in [9.17, 15) is 0 Å². The van der Waals surface area contributed by atoms with Crippen LogP contribution in [0.4, 0.5) is 0 Å². The highest BCUT2D eigenvalue weighted by Gasteiger charge is 2.28. The van der Waals surface area contributed by atoms with Crippen molar-refractivity contribution in [3.05, 3.63) is 57.2 Å². The number of hydrogen-bond donors (Lipinski definition) is 2. The predicted octanol–water partition coefficient (Wildman–Crippen LogP) is 4.73. The summed E-state index contributed by atoms with van der Waals surface area (Å²) >= 11 is 12.6. The summed E-state index contributed by atoms with van der Waals surface area (Å²) < 4.78 is 10.9. The highest BCUT2D eigenvalue weighted by atomic mass is 35.5. The molecule has 130 valence electrons. The number of rotatable bonds is 3. The topological polar surface area (TPSA) is 46.3 Å². The molecule has 2 heterocycles. The SMILES string of the molecule is COc1cc(OC)c(C2NCCc3c2[nH]c2ccc(Cl)cc32)cc1Cl. The van der Waals surface area contributed by atoms with E-state index >= 15 is 0 Å². The molecule has 1 aliphatic rings. The lowest BCUT2D eigenvalue weighted by molar-refractivity contribution is 0.386. The van der Waals surface area contributed by atoms with Crippen LogP contribution < -0.4 is 14.8 Å². The number of aromatic nitrogens is 1. The first-order chi connectivity index (χ1) is 12.1. The average molecular weight is 377 g/mol. The molecule has 4 rings (SSSR count). The number of benzene rings is 2. The second-order valence-corrected chi connectivity index (χ2v) is 6.92. The summed E-state index contributed by atoms with van der Waals surface area (Å²) in [5.41, 5.74) is 4.48. The van der Waals surface area contributed by atoms with Crippen LogP contribution in [-0.2, 0) is 6.42 Å². The third-order valence-corrected chi connectivity index (χ3v) is 5.26. The van der Waals surface area contributed by atoms with Crippen molar-refractivity contribution in [1.82, 2.24) is 10.3 Å². The Bertz CT molecular complexity index is 952. The summed E-state index contributed by atoms with van der Waals surface area (Å²) in [5.74, 6) is 1.34. The third kappa shape index (κ3) is 2.74. The zero-order chi connectivity index (χ0) is 17.6. The molecule has 4 nitrogen and oxygen atoms in total. The van der Waals surface area contributed by atoms with Gasteiger partial charge in [0.25, 0.3) is 0 Å². The van der Waals surface area contributed by atoms with Crippen molar-refractivity contribution in [2.75, 3.05) is 20.8 Å². The molecule has 2 N–H and O–H groups in total. The number of aromatic amines is 1. The van der Waals surface area contributed by atoms with Crippen molar-refractivity contribution < 1.29 is 9.47 Å². The van der Waals surface area contributed by atoms with Crippen LogP contribution in [0.15, 0.2) is 30.3 Å². The van der Waals surface area contributed by atoms with Crippen molar-refractivity contribution in [3.8, 4) is 11.5 Å². The lowest BCUT2D eigenvalue weighted by Crippen LogP contribution is -2.30. The van der Waals surface area contributed by atoms with Crippen LogP contribution >= 0.6 is 23.2 Å². The Labute approximate surface area is 156 Å². The fourth-order valence-corrected chi connectivity index (χ4v) is 4.00. The summed E-state index contributed by atoms with van der Waals surface area (Å²) in [6.45, 7) is 0.865. The molecule has 3 aromatic rings. The lowest BCUT2D eigenvalue weighted by atomic mass is 9.93.